The summed E-state index contributed by atoms with van der Waals surface area (Å²) in [5.74, 6) is -2.93. The van der Waals surface area contributed by atoms with Gasteiger partial charge in [0.2, 0.25) is 5.82 Å². The van der Waals surface area contributed by atoms with E-state index in [1.807, 2.05) is 6.08 Å². The second-order valence-corrected chi connectivity index (χ2v) is 8.74. The first-order chi connectivity index (χ1) is 16.9. The summed E-state index contributed by atoms with van der Waals surface area (Å²) in [6.45, 7) is 1.98. The highest BCUT2D eigenvalue weighted by atomic mass is 19.2. The molecule has 0 amide bonds. The van der Waals surface area contributed by atoms with E-state index in [1.165, 1.54) is 6.07 Å². The first-order valence-corrected chi connectivity index (χ1v) is 11.8. The Hall–Kier alpha value is -3.28. The summed E-state index contributed by atoms with van der Waals surface area (Å²) in [4.78, 5) is 0. The van der Waals surface area contributed by atoms with Crippen LogP contribution in [0.2, 0.25) is 0 Å². The molecule has 0 unspecified atom stereocenters. The number of allylic oxidation sites excluding steroid dienone is 1. The Morgan fingerprint density at radius 1 is 0.800 bits per heavy atom. The zero-order valence-electron chi connectivity index (χ0n) is 19.8. The molecule has 4 rings (SSSR count). The third-order valence-corrected chi connectivity index (χ3v) is 6.65. The van der Waals surface area contributed by atoms with Crippen molar-refractivity contribution in [3.8, 4) is 22.6 Å². The molecule has 35 heavy (non-hydrogen) atoms. The Labute approximate surface area is 203 Å². The lowest BCUT2D eigenvalue weighted by Gasteiger charge is -2.27. The predicted molar refractivity (Wildman–Crippen MR) is 130 cm³/mol. The van der Waals surface area contributed by atoms with Crippen LogP contribution in [-0.4, -0.2) is 13.7 Å². The minimum absolute atomic E-state index is 0.0716. The molecule has 0 N–H and O–H groups in total. The van der Waals surface area contributed by atoms with E-state index in [0.717, 1.165) is 12.8 Å². The fourth-order valence-corrected chi connectivity index (χ4v) is 4.68. The van der Waals surface area contributed by atoms with Gasteiger partial charge in [-0.25, -0.2) is 13.2 Å². The molecule has 0 spiro atoms. The van der Waals surface area contributed by atoms with Crippen LogP contribution in [-0.2, 0) is 0 Å². The molecule has 3 aromatic rings. The summed E-state index contributed by atoms with van der Waals surface area (Å²) >= 11 is 0. The van der Waals surface area contributed by atoms with E-state index in [2.05, 4.69) is 0 Å². The van der Waals surface area contributed by atoms with E-state index in [4.69, 9.17) is 9.47 Å². The molecule has 0 atom stereocenters. The van der Waals surface area contributed by atoms with Crippen LogP contribution in [0.5, 0.6) is 11.5 Å². The average molecular weight is 485 g/mol. The highest BCUT2D eigenvalue weighted by Crippen LogP contribution is 2.39. The number of benzene rings is 3. The maximum absolute atomic E-state index is 14.8. The van der Waals surface area contributed by atoms with Gasteiger partial charge in [-0.3, -0.25) is 0 Å². The second-order valence-electron chi connectivity index (χ2n) is 8.74. The topological polar surface area (TPSA) is 18.5 Å². The van der Waals surface area contributed by atoms with Crippen LogP contribution >= 0.6 is 0 Å². The zero-order valence-corrected chi connectivity index (χ0v) is 19.8. The average Bonchev–Trinajstić information content (AvgIpc) is 2.88. The molecule has 0 bridgehead atoms. The molecule has 0 aromatic heterocycles. The molecule has 0 aliphatic heterocycles. The normalized spacial score (nSPS) is 18.1. The van der Waals surface area contributed by atoms with Crippen LogP contribution in [0.3, 0.4) is 0 Å². The Morgan fingerprint density at radius 3 is 2.17 bits per heavy atom. The van der Waals surface area contributed by atoms with Gasteiger partial charge < -0.3 is 9.47 Å². The molecule has 0 heterocycles. The van der Waals surface area contributed by atoms with Crippen LogP contribution in [0.25, 0.3) is 17.2 Å². The van der Waals surface area contributed by atoms with Crippen LogP contribution < -0.4 is 9.47 Å². The smallest absolute Gasteiger partial charge is 0.200 e. The fourth-order valence-electron chi connectivity index (χ4n) is 4.68. The summed E-state index contributed by atoms with van der Waals surface area (Å²) in [6, 6.07) is 13.0. The van der Waals surface area contributed by atoms with Gasteiger partial charge in [0.25, 0.3) is 0 Å². The summed E-state index contributed by atoms with van der Waals surface area (Å²) in [6.07, 6.45) is 6.38. The number of methoxy groups -OCH3 is 1. The van der Waals surface area contributed by atoms with Crippen molar-refractivity contribution in [1.29, 1.82) is 0 Å². The van der Waals surface area contributed by atoms with Gasteiger partial charge in [0.05, 0.1) is 13.7 Å². The number of hydrogen-bond donors (Lipinski definition) is 0. The minimum Gasteiger partial charge on any atom is -0.497 e. The number of rotatable bonds is 7. The Bertz CT molecular complexity index is 1200. The standard InChI is InChI=1S/C29H28F4O2/c1-3-35-25-17-16-24(28(32)29(25)33)19-7-4-18(5-8-19)6-9-21-12-15-23(27(31)26(21)30)20-10-13-22(34-2)14-11-20/h6,9-19H,3-5,7-8H2,1-2H3/b9-6+. The minimum atomic E-state index is -0.943. The van der Waals surface area contributed by atoms with Gasteiger partial charge in [-0.05, 0) is 73.8 Å². The van der Waals surface area contributed by atoms with Crippen molar-refractivity contribution in [1.82, 2.24) is 0 Å². The van der Waals surface area contributed by atoms with Gasteiger partial charge in [-0.15, -0.1) is 0 Å². The largest absolute Gasteiger partial charge is 0.497 e. The SMILES string of the molecule is CCOc1ccc(C2CCC(/C=C/c3ccc(-c4ccc(OC)cc4)c(F)c3F)CC2)c(F)c1F. The quantitative estimate of drug-likeness (QED) is 0.314. The zero-order chi connectivity index (χ0) is 24.9. The molecule has 6 heteroatoms. The lowest BCUT2D eigenvalue weighted by molar-refractivity contribution is 0.310. The fraction of sp³-hybridized carbons (Fsp3) is 0.310. The predicted octanol–water partition coefficient (Wildman–Crippen LogP) is 8.30. The third-order valence-electron chi connectivity index (χ3n) is 6.65. The lowest BCUT2D eigenvalue weighted by atomic mass is 9.78. The van der Waals surface area contributed by atoms with Gasteiger partial charge in [0.1, 0.15) is 5.75 Å². The van der Waals surface area contributed by atoms with E-state index in [9.17, 15) is 17.6 Å². The van der Waals surface area contributed by atoms with Gasteiger partial charge in [0.15, 0.2) is 23.2 Å². The van der Waals surface area contributed by atoms with Crippen LogP contribution in [0.4, 0.5) is 17.6 Å². The summed E-state index contributed by atoms with van der Waals surface area (Å²) in [5.41, 5.74) is 1.30. The highest BCUT2D eigenvalue weighted by Gasteiger charge is 2.26. The molecule has 3 aromatic carbocycles. The Balaban J connectivity index is 1.42. The highest BCUT2D eigenvalue weighted by molar-refractivity contribution is 5.67. The van der Waals surface area contributed by atoms with E-state index >= 15 is 0 Å². The lowest BCUT2D eigenvalue weighted by Crippen LogP contribution is -2.14. The van der Waals surface area contributed by atoms with Crippen molar-refractivity contribution in [2.75, 3.05) is 13.7 Å². The molecule has 2 nitrogen and oxygen atoms in total. The number of ether oxygens (including phenoxy) is 2. The van der Waals surface area contributed by atoms with Crippen LogP contribution in [0.15, 0.2) is 54.6 Å². The molecule has 1 aliphatic rings. The molecule has 1 fully saturated rings. The van der Waals surface area contributed by atoms with E-state index in [-0.39, 0.29) is 35.3 Å². The third kappa shape index (κ3) is 5.37. The monoisotopic (exact) mass is 484 g/mol. The molecule has 1 saturated carbocycles. The second kappa shape index (κ2) is 11.0. The number of halogens is 4. The van der Waals surface area contributed by atoms with Crippen molar-refractivity contribution in [3.63, 3.8) is 0 Å². The van der Waals surface area contributed by atoms with Crippen molar-refractivity contribution < 1.29 is 27.0 Å². The van der Waals surface area contributed by atoms with Crippen molar-refractivity contribution in [3.05, 3.63) is 89.0 Å². The molecule has 0 saturated heterocycles. The molecule has 0 radical (unpaired) electrons. The molecule has 184 valence electrons. The Morgan fingerprint density at radius 2 is 1.51 bits per heavy atom. The van der Waals surface area contributed by atoms with Crippen LogP contribution in [0.1, 0.15) is 49.7 Å². The van der Waals surface area contributed by atoms with Crippen molar-refractivity contribution in [2.24, 2.45) is 5.92 Å². The first-order valence-electron chi connectivity index (χ1n) is 11.8. The van der Waals surface area contributed by atoms with Crippen LogP contribution in [0, 0.1) is 29.2 Å². The van der Waals surface area contributed by atoms with E-state index in [1.54, 1.807) is 62.6 Å². The summed E-state index contributed by atoms with van der Waals surface area (Å²) < 4.78 is 68.6. The Kier molecular flexibility index (Phi) is 7.79. The van der Waals surface area contributed by atoms with E-state index in [0.29, 0.717) is 29.7 Å². The van der Waals surface area contributed by atoms with Gasteiger partial charge in [-0.2, -0.15) is 4.39 Å². The van der Waals surface area contributed by atoms with Gasteiger partial charge >= 0.3 is 0 Å². The maximum Gasteiger partial charge on any atom is 0.200 e. The summed E-state index contributed by atoms with van der Waals surface area (Å²) in [5, 5.41) is 0. The maximum atomic E-state index is 14.8. The molecular weight excluding hydrogens is 456 g/mol. The van der Waals surface area contributed by atoms with Gasteiger partial charge in [-0.1, -0.05) is 42.5 Å². The van der Waals surface area contributed by atoms with Crippen molar-refractivity contribution >= 4 is 6.08 Å². The number of hydrogen-bond acceptors (Lipinski definition) is 2. The molecular formula is C29H28F4O2. The summed E-state index contributed by atoms with van der Waals surface area (Å²) in [7, 11) is 1.54. The van der Waals surface area contributed by atoms with Gasteiger partial charge in [0, 0.05) is 11.1 Å². The first kappa shape index (κ1) is 24.8. The molecule has 1 aliphatic carbocycles. The van der Waals surface area contributed by atoms with E-state index < -0.39 is 23.3 Å². The van der Waals surface area contributed by atoms with Crippen molar-refractivity contribution in [2.45, 2.75) is 38.5 Å².